The van der Waals surface area contributed by atoms with Crippen molar-refractivity contribution in [2.75, 3.05) is 11.5 Å². The molecule has 0 spiro atoms. The molecule has 2 rings (SSSR count). The van der Waals surface area contributed by atoms with Crippen LogP contribution in [0.1, 0.15) is 12.8 Å². The summed E-state index contributed by atoms with van der Waals surface area (Å²) in [5.74, 6) is 1.89. The van der Waals surface area contributed by atoms with Crippen LogP contribution < -0.4 is 0 Å². The van der Waals surface area contributed by atoms with E-state index in [1.807, 2.05) is 36.4 Å². The second kappa shape index (κ2) is 9.90. The molecule has 2 aromatic rings. The summed E-state index contributed by atoms with van der Waals surface area (Å²) >= 11 is 3.39. The highest BCUT2D eigenvalue weighted by Gasteiger charge is 2.17. The fourth-order valence-electron chi connectivity index (χ4n) is 2.09. The van der Waals surface area contributed by atoms with Gasteiger partial charge in [-0.15, -0.1) is 36.7 Å². The Balaban J connectivity index is 2.09. The molecule has 0 aromatic heterocycles. The van der Waals surface area contributed by atoms with Gasteiger partial charge in [0, 0.05) is 21.3 Å². The first-order chi connectivity index (χ1) is 12.1. The number of hydrogen-bond acceptors (Lipinski definition) is 4. The molecule has 0 saturated carbocycles. The van der Waals surface area contributed by atoms with Crippen molar-refractivity contribution in [3.05, 3.63) is 73.8 Å². The first-order valence-electron chi connectivity index (χ1n) is 8.00. The van der Waals surface area contributed by atoms with Crippen LogP contribution in [-0.4, -0.2) is 19.9 Å². The Morgan fingerprint density at radius 1 is 0.720 bits per heavy atom. The van der Waals surface area contributed by atoms with E-state index in [0.29, 0.717) is 9.79 Å². The lowest BCUT2D eigenvalue weighted by Crippen LogP contribution is -2.01. The zero-order valence-corrected chi connectivity index (χ0v) is 16.5. The SMILES string of the molecule is C=CCCSc1ccc(S(=O)(=O)c2ccc(SCCC=C)cc2)cc1. The standard InChI is InChI=1S/C20H22O2S3/c1-3-5-15-23-17-7-11-19(12-8-17)25(21,22)20-13-9-18(10-14-20)24-16-6-4-2/h3-4,7-14H,1-2,5-6,15-16H2. The summed E-state index contributed by atoms with van der Waals surface area (Å²) in [5.41, 5.74) is 0. The number of sulfone groups is 1. The quantitative estimate of drug-likeness (QED) is 0.289. The van der Waals surface area contributed by atoms with Crippen molar-refractivity contribution in [3.63, 3.8) is 0 Å². The van der Waals surface area contributed by atoms with Gasteiger partial charge in [0.1, 0.15) is 0 Å². The van der Waals surface area contributed by atoms with Gasteiger partial charge in [-0.1, -0.05) is 12.2 Å². The Kier molecular flexibility index (Phi) is 7.88. The van der Waals surface area contributed by atoms with Crippen molar-refractivity contribution in [2.45, 2.75) is 32.4 Å². The Bertz CT molecular complexity index is 728. The lowest BCUT2D eigenvalue weighted by Gasteiger charge is -2.07. The monoisotopic (exact) mass is 390 g/mol. The highest BCUT2D eigenvalue weighted by molar-refractivity contribution is 7.99. The topological polar surface area (TPSA) is 34.1 Å². The van der Waals surface area contributed by atoms with Crippen molar-refractivity contribution >= 4 is 33.4 Å². The van der Waals surface area contributed by atoms with Gasteiger partial charge in [0.15, 0.2) is 0 Å². The largest absolute Gasteiger partial charge is 0.219 e. The number of rotatable bonds is 10. The molecule has 5 heteroatoms. The van der Waals surface area contributed by atoms with E-state index >= 15 is 0 Å². The van der Waals surface area contributed by atoms with Crippen LogP contribution >= 0.6 is 23.5 Å². The maximum atomic E-state index is 12.7. The summed E-state index contributed by atoms with van der Waals surface area (Å²) in [4.78, 5) is 2.78. The molecule has 0 aliphatic rings. The normalized spacial score (nSPS) is 11.2. The predicted molar refractivity (Wildman–Crippen MR) is 109 cm³/mol. The molecule has 0 aliphatic carbocycles. The van der Waals surface area contributed by atoms with E-state index in [1.165, 1.54) is 0 Å². The van der Waals surface area contributed by atoms with Gasteiger partial charge in [0.2, 0.25) is 9.84 Å². The summed E-state index contributed by atoms with van der Waals surface area (Å²) in [6.45, 7) is 7.40. The lowest BCUT2D eigenvalue weighted by molar-refractivity contribution is 0.596. The van der Waals surface area contributed by atoms with Gasteiger partial charge in [0.05, 0.1) is 9.79 Å². The Morgan fingerprint density at radius 2 is 1.08 bits per heavy atom. The van der Waals surface area contributed by atoms with Gasteiger partial charge in [-0.25, -0.2) is 8.42 Å². The fourth-order valence-corrected chi connectivity index (χ4v) is 5.04. The van der Waals surface area contributed by atoms with Crippen LogP contribution in [0.3, 0.4) is 0 Å². The van der Waals surface area contributed by atoms with E-state index in [4.69, 9.17) is 0 Å². The van der Waals surface area contributed by atoms with Crippen molar-refractivity contribution in [3.8, 4) is 0 Å². The second-order valence-electron chi connectivity index (χ2n) is 5.30. The van der Waals surface area contributed by atoms with Crippen LogP contribution in [0.5, 0.6) is 0 Å². The number of thioether (sulfide) groups is 2. The van der Waals surface area contributed by atoms with E-state index in [1.54, 1.807) is 47.8 Å². The average molecular weight is 391 g/mol. The zero-order chi connectivity index (χ0) is 18.1. The molecule has 0 fully saturated rings. The minimum atomic E-state index is -3.47. The second-order valence-corrected chi connectivity index (χ2v) is 9.58. The van der Waals surface area contributed by atoms with E-state index < -0.39 is 9.84 Å². The molecule has 0 N–H and O–H groups in total. The maximum Gasteiger partial charge on any atom is 0.206 e. The van der Waals surface area contributed by atoms with Crippen LogP contribution in [0.25, 0.3) is 0 Å². The van der Waals surface area contributed by atoms with Crippen molar-refractivity contribution in [2.24, 2.45) is 0 Å². The van der Waals surface area contributed by atoms with E-state index in [2.05, 4.69) is 13.2 Å². The Morgan fingerprint density at radius 3 is 1.40 bits per heavy atom. The summed E-state index contributed by atoms with van der Waals surface area (Å²) in [6.07, 6.45) is 5.63. The van der Waals surface area contributed by atoms with Gasteiger partial charge in [-0.3, -0.25) is 0 Å². The summed E-state index contributed by atoms with van der Waals surface area (Å²) in [7, 11) is -3.47. The van der Waals surface area contributed by atoms with Crippen molar-refractivity contribution in [1.29, 1.82) is 0 Å². The first-order valence-corrected chi connectivity index (χ1v) is 11.5. The van der Waals surface area contributed by atoms with Gasteiger partial charge in [-0.2, -0.15) is 0 Å². The highest BCUT2D eigenvalue weighted by Crippen LogP contribution is 2.27. The minimum absolute atomic E-state index is 0.327. The molecule has 0 heterocycles. The first kappa shape index (κ1) is 19.9. The molecule has 2 aromatic carbocycles. The Labute approximate surface area is 159 Å². The summed E-state index contributed by atoms with van der Waals surface area (Å²) in [5, 5.41) is 0. The van der Waals surface area contributed by atoms with Crippen LogP contribution in [0.4, 0.5) is 0 Å². The molecule has 0 bridgehead atoms. The van der Waals surface area contributed by atoms with Gasteiger partial charge in [-0.05, 0) is 61.4 Å². The van der Waals surface area contributed by atoms with Gasteiger partial charge >= 0.3 is 0 Å². The van der Waals surface area contributed by atoms with Crippen LogP contribution in [-0.2, 0) is 9.84 Å². The summed E-state index contributed by atoms with van der Waals surface area (Å²) < 4.78 is 25.5. The molecule has 0 aliphatic heterocycles. The zero-order valence-electron chi connectivity index (χ0n) is 14.1. The molecule has 0 atom stereocenters. The van der Waals surface area contributed by atoms with Crippen molar-refractivity contribution < 1.29 is 8.42 Å². The molecule has 25 heavy (non-hydrogen) atoms. The third kappa shape index (κ3) is 5.80. The third-order valence-corrected chi connectivity index (χ3v) is 7.33. The number of hydrogen-bond donors (Lipinski definition) is 0. The van der Waals surface area contributed by atoms with Gasteiger partial charge < -0.3 is 0 Å². The third-order valence-electron chi connectivity index (χ3n) is 3.45. The lowest BCUT2D eigenvalue weighted by atomic mass is 10.4. The fraction of sp³-hybridized carbons (Fsp3) is 0.200. The smallest absolute Gasteiger partial charge is 0.206 e. The molecule has 0 amide bonds. The molecule has 2 nitrogen and oxygen atoms in total. The number of benzene rings is 2. The Hall–Kier alpha value is -1.43. The molecule has 0 saturated heterocycles. The maximum absolute atomic E-state index is 12.7. The van der Waals surface area contributed by atoms with Crippen LogP contribution in [0.2, 0.25) is 0 Å². The molecular formula is C20H22O2S3. The highest BCUT2D eigenvalue weighted by atomic mass is 32.2. The molecule has 132 valence electrons. The number of allylic oxidation sites excluding steroid dienone is 2. The van der Waals surface area contributed by atoms with Gasteiger partial charge in [0.25, 0.3) is 0 Å². The van der Waals surface area contributed by atoms with Crippen LogP contribution in [0.15, 0.2) is 93.4 Å². The van der Waals surface area contributed by atoms with E-state index in [-0.39, 0.29) is 0 Å². The van der Waals surface area contributed by atoms with Crippen molar-refractivity contribution in [1.82, 2.24) is 0 Å². The minimum Gasteiger partial charge on any atom is -0.219 e. The van der Waals surface area contributed by atoms with Crippen LogP contribution in [0, 0.1) is 0 Å². The molecular weight excluding hydrogens is 368 g/mol. The summed E-state index contributed by atoms with van der Waals surface area (Å²) in [6, 6.07) is 14.2. The predicted octanol–water partition coefficient (Wildman–Crippen LogP) is 5.86. The molecule has 0 unspecified atom stereocenters. The van der Waals surface area contributed by atoms with E-state index in [9.17, 15) is 8.42 Å². The molecule has 0 radical (unpaired) electrons. The average Bonchev–Trinajstić information content (AvgIpc) is 2.63. The van der Waals surface area contributed by atoms with E-state index in [0.717, 1.165) is 34.1 Å².